The SMILES string of the molecule is Cc1n[nH]c(C)c1S(=O)Nc1cc(-c2c(O)ccc3c2C=CCC3)c(N)c2ccccc12. The molecule has 1 heterocycles. The quantitative estimate of drug-likeness (QED) is 0.324. The van der Waals surface area contributed by atoms with Crippen molar-refractivity contribution >= 4 is 39.2 Å². The first-order chi connectivity index (χ1) is 15.5. The van der Waals surface area contributed by atoms with Crippen LogP contribution in [-0.4, -0.2) is 19.5 Å². The zero-order chi connectivity index (χ0) is 22.4. The Morgan fingerprint density at radius 3 is 2.69 bits per heavy atom. The number of allylic oxidation sites excluding steroid dienone is 1. The number of aromatic amines is 1. The summed E-state index contributed by atoms with van der Waals surface area (Å²) in [5.41, 5.74) is 12.9. The zero-order valence-corrected chi connectivity index (χ0v) is 18.7. The number of aromatic hydroxyl groups is 1. The van der Waals surface area contributed by atoms with E-state index in [1.807, 2.05) is 56.3 Å². The number of nitrogens with zero attached hydrogens (tertiary/aromatic N) is 1. The van der Waals surface area contributed by atoms with Gasteiger partial charge in [-0.2, -0.15) is 5.10 Å². The average molecular weight is 445 g/mol. The summed E-state index contributed by atoms with van der Waals surface area (Å²) in [5.74, 6) is 0.172. The Labute approximate surface area is 188 Å². The molecule has 0 saturated carbocycles. The highest BCUT2D eigenvalue weighted by Crippen LogP contribution is 2.44. The first kappa shape index (κ1) is 20.3. The van der Waals surface area contributed by atoms with E-state index in [1.165, 1.54) is 5.56 Å². The number of rotatable bonds is 4. The molecular formula is C25H24N4O2S. The molecule has 5 N–H and O–H groups in total. The maximum absolute atomic E-state index is 13.2. The van der Waals surface area contributed by atoms with Crippen LogP contribution in [0.2, 0.25) is 0 Å². The van der Waals surface area contributed by atoms with E-state index in [0.717, 1.165) is 34.9 Å². The van der Waals surface area contributed by atoms with Crippen LogP contribution in [0.1, 0.15) is 28.9 Å². The number of hydrogen-bond acceptors (Lipinski definition) is 4. The predicted octanol–water partition coefficient (Wildman–Crippen LogP) is 5.23. The van der Waals surface area contributed by atoms with Crippen molar-refractivity contribution in [3.05, 3.63) is 71.1 Å². The first-order valence-electron chi connectivity index (χ1n) is 10.5. The van der Waals surface area contributed by atoms with Crippen LogP contribution in [0.5, 0.6) is 5.75 Å². The molecule has 1 aliphatic carbocycles. The summed E-state index contributed by atoms with van der Waals surface area (Å²) in [6.45, 7) is 3.67. The van der Waals surface area contributed by atoms with Crippen molar-refractivity contribution in [2.24, 2.45) is 0 Å². The number of aromatic nitrogens is 2. The Bertz CT molecular complexity index is 1400. The van der Waals surface area contributed by atoms with Gasteiger partial charge in [0.25, 0.3) is 0 Å². The van der Waals surface area contributed by atoms with Gasteiger partial charge in [-0.05, 0) is 49.9 Å². The van der Waals surface area contributed by atoms with Crippen LogP contribution in [0, 0.1) is 13.8 Å². The Kier molecular flexibility index (Phi) is 4.98. The van der Waals surface area contributed by atoms with E-state index in [9.17, 15) is 9.32 Å². The lowest BCUT2D eigenvalue weighted by Gasteiger charge is -2.20. The second-order valence-corrected chi connectivity index (χ2v) is 9.19. The van der Waals surface area contributed by atoms with Gasteiger partial charge in [-0.3, -0.25) is 5.10 Å². The number of nitrogen functional groups attached to an aromatic ring is 1. The van der Waals surface area contributed by atoms with Crippen molar-refractivity contribution < 1.29 is 9.32 Å². The molecule has 1 aromatic heterocycles. The third-order valence-electron chi connectivity index (χ3n) is 5.98. The number of phenols is 1. The van der Waals surface area contributed by atoms with Crippen LogP contribution < -0.4 is 10.5 Å². The van der Waals surface area contributed by atoms with Gasteiger partial charge in [0, 0.05) is 27.6 Å². The van der Waals surface area contributed by atoms with Gasteiger partial charge in [0.1, 0.15) is 10.6 Å². The molecule has 5 rings (SSSR count). The highest BCUT2D eigenvalue weighted by atomic mass is 32.2. The standard InChI is InChI=1S/C25H24N4O2S/c1-14-25(15(2)28-27-14)32(31)29-21-13-20(24(26)19-10-6-5-9-18(19)21)23-17-8-4-3-7-16(17)11-12-22(23)30/h4-6,8-13,29-30H,3,7,26H2,1-2H3,(H,27,28). The van der Waals surface area contributed by atoms with E-state index in [-0.39, 0.29) is 5.75 Å². The minimum atomic E-state index is -1.52. The largest absolute Gasteiger partial charge is 0.507 e. The van der Waals surface area contributed by atoms with Gasteiger partial charge in [0.15, 0.2) is 11.0 Å². The number of fused-ring (bicyclic) bond motifs is 2. The Hall–Kier alpha value is -3.58. The number of aryl methyl sites for hydroxylation is 3. The molecule has 1 atom stereocenters. The molecule has 162 valence electrons. The monoisotopic (exact) mass is 444 g/mol. The van der Waals surface area contributed by atoms with Gasteiger partial charge in [-0.25, -0.2) is 4.21 Å². The maximum atomic E-state index is 13.2. The Morgan fingerprint density at radius 2 is 1.94 bits per heavy atom. The van der Waals surface area contributed by atoms with E-state index in [1.54, 1.807) is 6.07 Å². The number of anilines is 2. The number of benzene rings is 3. The van der Waals surface area contributed by atoms with E-state index >= 15 is 0 Å². The first-order valence-corrected chi connectivity index (χ1v) is 11.6. The summed E-state index contributed by atoms with van der Waals surface area (Å²) in [7, 11) is -1.52. The fraction of sp³-hybridized carbons (Fsp3) is 0.160. The van der Waals surface area contributed by atoms with E-state index in [4.69, 9.17) is 5.73 Å². The lowest BCUT2D eigenvalue weighted by atomic mass is 9.87. The average Bonchev–Trinajstić information content (AvgIpc) is 3.14. The molecule has 32 heavy (non-hydrogen) atoms. The molecule has 0 saturated heterocycles. The highest BCUT2D eigenvalue weighted by molar-refractivity contribution is 7.86. The zero-order valence-electron chi connectivity index (χ0n) is 17.9. The number of nitrogens with two attached hydrogens (primary N) is 1. The van der Waals surface area contributed by atoms with Gasteiger partial charge < -0.3 is 15.6 Å². The summed E-state index contributed by atoms with van der Waals surface area (Å²) < 4.78 is 16.4. The van der Waals surface area contributed by atoms with Crippen LogP contribution in [0.15, 0.2) is 53.4 Å². The maximum Gasteiger partial charge on any atom is 0.154 e. The molecule has 7 heteroatoms. The Balaban J connectivity index is 1.73. The van der Waals surface area contributed by atoms with Gasteiger partial charge in [0.2, 0.25) is 0 Å². The number of nitrogens with one attached hydrogen (secondary N) is 2. The lowest BCUT2D eigenvalue weighted by Crippen LogP contribution is -2.08. The van der Waals surface area contributed by atoms with Crippen LogP contribution in [-0.2, 0) is 17.4 Å². The summed E-state index contributed by atoms with van der Waals surface area (Å²) in [5, 5.41) is 19.6. The predicted molar refractivity (Wildman–Crippen MR) is 131 cm³/mol. The van der Waals surface area contributed by atoms with Gasteiger partial charge in [-0.1, -0.05) is 42.5 Å². The molecule has 0 bridgehead atoms. The normalized spacial score (nSPS) is 13.8. The molecule has 0 amide bonds. The van der Waals surface area contributed by atoms with Crippen LogP contribution >= 0.6 is 0 Å². The highest BCUT2D eigenvalue weighted by Gasteiger charge is 2.21. The van der Waals surface area contributed by atoms with Crippen molar-refractivity contribution in [1.29, 1.82) is 0 Å². The van der Waals surface area contributed by atoms with Crippen molar-refractivity contribution in [2.45, 2.75) is 31.6 Å². The molecule has 0 spiro atoms. The van der Waals surface area contributed by atoms with Gasteiger partial charge in [0.05, 0.1) is 17.1 Å². The van der Waals surface area contributed by atoms with Crippen molar-refractivity contribution in [3.8, 4) is 16.9 Å². The van der Waals surface area contributed by atoms with Crippen molar-refractivity contribution in [2.75, 3.05) is 10.5 Å². The minimum Gasteiger partial charge on any atom is -0.507 e. The number of H-pyrrole nitrogens is 1. The molecule has 6 nitrogen and oxygen atoms in total. The fourth-order valence-electron chi connectivity index (χ4n) is 4.44. The van der Waals surface area contributed by atoms with E-state index in [0.29, 0.717) is 33.1 Å². The van der Waals surface area contributed by atoms with E-state index < -0.39 is 11.0 Å². The third-order valence-corrected chi connectivity index (χ3v) is 7.36. The molecule has 0 radical (unpaired) electrons. The second-order valence-electron chi connectivity index (χ2n) is 8.04. The molecule has 0 aliphatic heterocycles. The molecule has 1 aliphatic rings. The second kappa shape index (κ2) is 7.84. The summed E-state index contributed by atoms with van der Waals surface area (Å²) in [4.78, 5) is 0.635. The minimum absolute atomic E-state index is 0.172. The molecule has 0 fully saturated rings. The van der Waals surface area contributed by atoms with Crippen molar-refractivity contribution in [1.82, 2.24) is 10.2 Å². The topological polar surface area (TPSA) is 104 Å². The summed E-state index contributed by atoms with van der Waals surface area (Å²) >= 11 is 0. The Morgan fingerprint density at radius 1 is 1.16 bits per heavy atom. The van der Waals surface area contributed by atoms with Crippen LogP contribution in [0.25, 0.3) is 28.0 Å². The van der Waals surface area contributed by atoms with Crippen molar-refractivity contribution in [3.63, 3.8) is 0 Å². The van der Waals surface area contributed by atoms with E-state index in [2.05, 4.69) is 21.0 Å². The van der Waals surface area contributed by atoms with Gasteiger partial charge in [-0.15, -0.1) is 0 Å². The molecule has 1 unspecified atom stereocenters. The molecule has 3 aromatic carbocycles. The van der Waals surface area contributed by atoms with Gasteiger partial charge >= 0.3 is 0 Å². The fourth-order valence-corrected chi connectivity index (χ4v) is 5.54. The van der Waals surface area contributed by atoms with Crippen LogP contribution in [0.3, 0.4) is 0 Å². The number of phenolic OH excluding ortho intramolecular Hbond substituents is 1. The molecule has 4 aromatic rings. The third kappa shape index (κ3) is 3.26. The summed E-state index contributed by atoms with van der Waals surface area (Å²) in [6.07, 6.45) is 6.05. The summed E-state index contributed by atoms with van der Waals surface area (Å²) in [6, 6.07) is 13.3. The number of hydrogen-bond donors (Lipinski definition) is 4. The van der Waals surface area contributed by atoms with Crippen LogP contribution in [0.4, 0.5) is 11.4 Å². The smallest absolute Gasteiger partial charge is 0.154 e. The lowest BCUT2D eigenvalue weighted by molar-refractivity contribution is 0.477. The molecular weight excluding hydrogens is 420 g/mol.